The van der Waals surface area contributed by atoms with E-state index in [0.717, 1.165) is 49.2 Å². The van der Waals surface area contributed by atoms with Gasteiger partial charge in [-0.25, -0.2) is 0 Å². The molecule has 0 atom stereocenters. The molecule has 1 aromatic carbocycles. The molecule has 0 aliphatic heterocycles. The molecular formula is C21H29N3O2. The molecule has 0 unspecified atom stereocenters. The molecule has 1 heterocycles. The number of hydrogen-bond acceptors (Lipinski definition) is 3. The number of nitrogens with zero attached hydrogens (tertiary/aromatic N) is 2. The normalized spacial score (nSPS) is 20.5. The summed E-state index contributed by atoms with van der Waals surface area (Å²) < 4.78 is 1.73. The molecule has 26 heavy (non-hydrogen) atoms. The molecule has 1 aliphatic rings. The van der Waals surface area contributed by atoms with Crippen molar-refractivity contribution in [1.82, 2.24) is 9.47 Å². The maximum absolute atomic E-state index is 12.7. The lowest BCUT2D eigenvalue weighted by molar-refractivity contribution is -0.121. The van der Waals surface area contributed by atoms with Crippen LogP contribution in [-0.2, 0) is 11.3 Å². The van der Waals surface area contributed by atoms with Crippen molar-refractivity contribution in [2.24, 2.45) is 11.8 Å². The lowest BCUT2D eigenvalue weighted by Gasteiger charge is -2.25. The first-order valence-electron chi connectivity index (χ1n) is 9.53. The molecule has 5 nitrogen and oxygen atoms in total. The van der Waals surface area contributed by atoms with Crippen molar-refractivity contribution in [2.45, 2.75) is 39.2 Å². The quantitative estimate of drug-likeness (QED) is 0.895. The molecule has 0 radical (unpaired) electrons. The molecule has 5 heteroatoms. The van der Waals surface area contributed by atoms with Crippen LogP contribution in [0.2, 0.25) is 0 Å². The van der Waals surface area contributed by atoms with E-state index in [1.807, 2.05) is 44.6 Å². The van der Waals surface area contributed by atoms with Crippen molar-refractivity contribution in [3.8, 4) is 0 Å². The number of anilines is 1. The summed E-state index contributed by atoms with van der Waals surface area (Å²) in [5.41, 5.74) is 0.731. The van der Waals surface area contributed by atoms with E-state index in [9.17, 15) is 9.59 Å². The second-order valence-corrected chi connectivity index (χ2v) is 7.83. The minimum atomic E-state index is -0.00746. The van der Waals surface area contributed by atoms with Gasteiger partial charge in [-0.15, -0.1) is 0 Å². The maximum Gasteiger partial charge on any atom is 0.258 e. The Morgan fingerprint density at radius 2 is 1.88 bits per heavy atom. The third-order valence-corrected chi connectivity index (χ3v) is 5.45. The molecule has 1 aliphatic carbocycles. The summed E-state index contributed by atoms with van der Waals surface area (Å²) in [7, 11) is 3.98. The fraction of sp³-hybridized carbons (Fsp3) is 0.524. The molecule has 1 aromatic heterocycles. The van der Waals surface area contributed by atoms with Crippen molar-refractivity contribution in [3.63, 3.8) is 0 Å². The summed E-state index contributed by atoms with van der Waals surface area (Å²) >= 11 is 0. The average molecular weight is 355 g/mol. The lowest BCUT2D eigenvalue weighted by atomic mass is 9.82. The zero-order valence-electron chi connectivity index (χ0n) is 16.0. The minimum Gasteiger partial charge on any atom is -0.325 e. The van der Waals surface area contributed by atoms with Gasteiger partial charge in [-0.1, -0.05) is 13.0 Å². The molecule has 0 spiro atoms. The van der Waals surface area contributed by atoms with Gasteiger partial charge in [0.25, 0.3) is 5.56 Å². The number of likely N-dealkylation sites (N-methyl/N-ethyl adjacent to an activating group) is 1. The van der Waals surface area contributed by atoms with Gasteiger partial charge in [-0.2, -0.15) is 0 Å². The third kappa shape index (κ3) is 4.15. The van der Waals surface area contributed by atoms with Crippen LogP contribution in [0.3, 0.4) is 0 Å². The van der Waals surface area contributed by atoms with Gasteiger partial charge in [-0.05, 0) is 63.9 Å². The molecular weight excluding hydrogens is 326 g/mol. The Kier molecular flexibility index (Phi) is 5.77. The van der Waals surface area contributed by atoms with Crippen molar-refractivity contribution < 1.29 is 4.79 Å². The first-order valence-corrected chi connectivity index (χ1v) is 9.53. The van der Waals surface area contributed by atoms with Gasteiger partial charge in [0.05, 0.1) is 0 Å². The van der Waals surface area contributed by atoms with Crippen LogP contribution in [0.15, 0.2) is 35.3 Å². The van der Waals surface area contributed by atoms with Crippen molar-refractivity contribution >= 4 is 22.4 Å². The van der Waals surface area contributed by atoms with Gasteiger partial charge in [0.15, 0.2) is 0 Å². The summed E-state index contributed by atoms with van der Waals surface area (Å²) in [6, 6.07) is 7.50. The minimum absolute atomic E-state index is 0.00746. The third-order valence-electron chi connectivity index (χ3n) is 5.45. The number of fused-ring (bicyclic) bond motifs is 1. The Balaban J connectivity index is 1.82. The van der Waals surface area contributed by atoms with E-state index >= 15 is 0 Å². The van der Waals surface area contributed by atoms with Crippen molar-refractivity contribution in [1.29, 1.82) is 0 Å². The second-order valence-electron chi connectivity index (χ2n) is 7.83. The molecule has 1 N–H and O–H groups in total. The topological polar surface area (TPSA) is 54.3 Å². The first kappa shape index (κ1) is 18.6. The molecule has 0 saturated heterocycles. The van der Waals surface area contributed by atoms with Crippen LogP contribution >= 0.6 is 0 Å². The molecule has 0 bridgehead atoms. The Morgan fingerprint density at radius 1 is 1.15 bits per heavy atom. The highest BCUT2D eigenvalue weighted by Gasteiger charge is 2.24. The largest absolute Gasteiger partial charge is 0.325 e. The van der Waals surface area contributed by atoms with Gasteiger partial charge in [0, 0.05) is 41.7 Å². The summed E-state index contributed by atoms with van der Waals surface area (Å²) in [6.07, 6.45) is 5.96. The Morgan fingerprint density at radius 3 is 2.58 bits per heavy atom. The van der Waals surface area contributed by atoms with Crippen LogP contribution in [0, 0.1) is 11.8 Å². The Labute approximate surface area is 155 Å². The molecule has 1 amide bonds. The smallest absolute Gasteiger partial charge is 0.258 e. The number of rotatable bonds is 5. The zero-order valence-corrected chi connectivity index (χ0v) is 16.0. The fourth-order valence-electron chi connectivity index (χ4n) is 3.67. The summed E-state index contributed by atoms with van der Waals surface area (Å²) in [6.45, 7) is 3.71. The lowest BCUT2D eigenvalue weighted by Crippen LogP contribution is -2.27. The van der Waals surface area contributed by atoms with Crippen LogP contribution in [0.4, 0.5) is 5.69 Å². The molecule has 2 aromatic rings. The van der Waals surface area contributed by atoms with Crippen LogP contribution in [0.5, 0.6) is 0 Å². The number of hydrogen-bond donors (Lipinski definition) is 1. The van der Waals surface area contributed by atoms with E-state index in [4.69, 9.17) is 0 Å². The highest BCUT2D eigenvalue weighted by Crippen LogP contribution is 2.30. The fourth-order valence-corrected chi connectivity index (χ4v) is 3.67. The van der Waals surface area contributed by atoms with Crippen molar-refractivity contribution in [2.75, 3.05) is 26.0 Å². The number of aromatic nitrogens is 1. The predicted octanol–water partition coefficient (Wildman–Crippen LogP) is 3.33. The zero-order chi connectivity index (χ0) is 18.7. The van der Waals surface area contributed by atoms with Gasteiger partial charge in [0.1, 0.15) is 0 Å². The number of pyridine rings is 1. The number of carbonyl (C=O) groups excluding carboxylic acids is 1. The van der Waals surface area contributed by atoms with E-state index in [0.29, 0.717) is 11.9 Å². The average Bonchev–Trinajstić information content (AvgIpc) is 2.62. The van der Waals surface area contributed by atoms with Crippen LogP contribution in [0.25, 0.3) is 10.8 Å². The highest BCUT2D eigenvalue weighted by atomic mass is 16.2. The van der Waals surface area contributed by atoms with E-state index in [1.165, 1.54) is 0 Å². The molecule has 140 valence electrons. The molecule has 3 rings (SSSR count). The van der Waals surface area contributed by atoms with Gasteiger partial charge < -0.3 is 14.8 Å². The second kappa shape index (κ2) is 8.04. The number of benzene rings is 1. The molecule has 1 saturated carbocycles. The van der Waals surface area contributed by atoms with Crippen LogP contribution in [0.1, 0.15) is 32.6 Å². The Hall–Kier alpha value is -2.14. The van der Waals surface area contributed by atoms with Crippen LogP contribution < -0.4 is 10.9 Å². The number of amides is 1. The predicted molar refractivity (Wildman–Crippen MR) is 107 cm³/mol. The Bertz CT molecular complexity index is 833. The van der Waals surface area contributed by atoms with E-state index in [1.54, 1.807) is 4.57 Å². The van der Waals surface area contributed by atoms with Gasteiger partial charge in [0.2, 0.25) is 5.91 Å². The first-order chi connectivity index (χ1) is 12.5. The summed E-state index contributed by atoms with van der Waals surface area (Å²) in [5, 5.41) is 4.54. The van der Waals surface area contributed by atoms with Gasteiger partial charge in [-0.3, -0.25) is 9.59 Å². The monoisotopic (exact) mass is 355 g/mol. The van der Waals surface area contributed by atoms with Gasteiger partial charge >= 0.3 is 0 Å². The van der Waals surface area contributed by atoms with Crippen LogP contribution in [-0.4, -0.2) is 36.0 Å². The molecule has 1 fully saturated rings. The highest BCUT2D eigenvalue weighted by molar-refractivity contribution is 6.02. The van der Waals surface area contributed by atoms with E-state index < -0.39 is 0 Å². The van der Waals surface area contributed by atoms with E-state index in [2.05, 4.69) is 17.1 Å². The standard InChI is InChI=1S/C21H29N3O2/c1-15-7-9-16(10-8-15)20(25)22-19-6-4-5-18-17(19)11-12-24(21(18)26)14-13-23(2)3/h4-6,11-12,15-16H,7-10,13-14H2,1-3H3,(H,22,25). The summed E-state index contributed by atoms with van der Waals surface area (Å²) in [4.78, 5) is 27.4. The van der Waals surface area contributed by atoms with E-state index in [-0.39, 0.29) is 17.4 Å². The number of nitrogens with one attached hydrogen (secondary N) is 1. The number of carbonyl (C=O) groups is 1. The SMILES string of the molecule is CC1CCC(C(=O)Nc2cccc3c(=O)n(CCN(C)C)ccc23)CC1. The van der Waals surface area contributed by atoms with Crippen molar-refractivity contribution in [3.05, 3.63) is 40.8 Å². The maximum atomic E-state index is 12.7. The summed E-state index contributed by atoms with van der Waals surface area (Å²) in [5.74, 6) is 0.889.